The maximum absolute atomic E-state index is 13.0. The van der Waals surface area contributed by atoms with Gasteiger partial charge in [-0.1, -0.05) is 31.4 Å². The van der Waals surface area contributed by atoms with Crippen LogP contribution in [-0.4, -0.2) is 29.4 Å². The predicted octanol–water partition coefficient (Wildman–Crippen LogP) is 2.54. The number of nitrogens with one attached hydrogen (secondary N) is 2. The van der Waals surface area contributed by atoms with Crippen LogP contribution in [0.3, 0.4) is 0 Å². The molecule has 3 N–H and O–H groups in total. The van der Waals surface area contributed by atoms with Gasteiger partial charge >= 0.3 is 5.97 Å². The Morgan fingerprint density at radius 1 is 1.08 bits per heavy atom. The van der Waals surface area contributed by atoms with E-state index in [0.717, 1.165) is 25.7 Å². The second-order valence-corrected chi connectivity index (χ2v) is 6.75. The molecule has 1 aliphatic rings. The maximum atomic E-state index is 13.0. The first-order chi connectivity index (χ1) is 12.4. The lowest BCUT2D eigenvalue weighted by Gasteiger charge is -2.21. The number of halogens is 1. The summed E-state index contributed by atoms with van der Waals surface area (Å²) in [5.41, 5.74) is 0.496. The molecule has 1 unspecified atom stereocenters. The van der Waals surface area contributed by atoms with Gasteiger partial charge in [-0.05, 0) is 36.5 Å². The lowest BCUT2D eigenvalue weighted by molar-refractivity contribution is -0.138. The monoisotopic (exact) mass is 364 g/mol. The van der Waals surface area contributed by atoms with Gasteiger partial charge in [0.15, 0.2) is 0 Å². The molecule has 0 aromatic heterocycles. The van der Waals surface area contributed by atoms with E-state index in [1.54, 1.807) is 0 Å². The number of amides is 2. The molecule has 0 heterocycles. The number of aliphatic carboxylic acids is 1. The molecule has 26 heavy (non-hydrogen) atoms. The van der Waals surface area contributed by atoms with Crippen molar-refractivity contribution in [1.82, 2.24) is 10.6 Å². The fourth-order valence-corrected chi connectivity index (χ4v) is 3.27. The second kappa shape index (κ2) is 9.89. The number of rotatable bonds is 8. The summed E-state index contributed by atoms with van der Waals surface area (Å²) in [4.78, 5) is 35.1. The first kappa shape index (κ1) is 19.9. The van der Waals surface area contributed by atoms with E-state index in [1.807, 2.05) is 0 Å². The van der Waals surface area contributed by atoms with Crippen molar-refractivity contribution in [2.24, 2.45) is 5.92 Å². The van der Waals surface area contributed by atoms with Crippen molar-refractivity contribution < 1.29 is 23.9 Å². The van der Waals surface area contributed by atoms with Gasteiger partial charge in [-0.3, -0.25) is 14.4 Å². The van der Waals surface area contributed by atoms with Gasteiger partial charge in [0.25, 0.3) is 0 Å². The van der Waals surface area contributed by atoms with Gasteiger partial charge in [-0.2, -0.15) is 0 Å². The van der Waals surface area contributed by atoms with Gasteiger partial charge in [0.2, 0.25) is 11.8 Å². The average Bonchev–Trinajstić information content (AvgIpc) is 2.60. The van der Waals surface area contributed by atoms with Crippen LogP contribution < -0.4 is 10.6 Å². The van der Waals surface area contributed by atoms with Gasteiger partial charge in [0.1, 0.15) is 5.82 Å². The smallest absolute Gasteiger partial charge is 0.305 e. The Bertz CT molecular complexity index is 627. The summed E-state index contributed by atoms with van der Waals surface area (Å²) in [7, 11) is 0. The van der Waals surface area contributed by atoms with E-state index in [1.165, 1.54) is 30.7 Å². The molecule has 6 nitrogen and oxygen atoms in total. The molecule has 0 saturated heterocycles. The summed E-state index contributed by atoms with van der Waals surface area (Å²) in [6.07, 6.45) is 5.70. The molecule has 1 saturated carbocycles. The molecule has 1 aromatic carbocycles. The number of hydrogen-bond donors (Lipinski definition) is 3. The number of carboxylic acid groups (broad SMARTS) is 1. The summed E-state index contributed by atoms with van der Waals surface area (Å²) in [6, 6.07) is 4.51. The summed E-state index contributed by atoms with van der Waals surface area (Å²) >= 11 is 0. The molecule has 1 fully saturated rings. The SMILES string of the molecule is O=C(O)CC(NC(=O)CNC(=O)CC1CCCCC1)c1ccc(F)cc1. The van der Waals surface area contributed by atoms with Crippen molar-refractivity contribution in [2.45, 2.75) is 51.0 Å². The third kappa shape index (κ3) is 6.82. The van der Waals surface area contributed by atoms with Gasteiger partial charge in [0.05, 0.1) is 19.0 Å². The van der Waals surface area contributed by atoms with Crippen LogP contribution >= 0.6 is 0 Å². The summed E-state index contributed by atoms with van der Waals surface area (Å²) < 4.78 is 13.0. The number of carboxylic acids is 1. The highest BCUT2D eigenvalue weighted by molar-refractivity contribution is 5.85. The van der Waals surface area contributed by atoms with Crippen molar-refractivity contribution in [3.8, 4) is 0 Å². The molecule has 0 aliphatic heterocycles. The van der Waals surface area contributed by atoms with Crippen LogP contribution in [0.4, 0.5) is 4.39 Å². The minimum Gasteiger partial charge on any atom is -0.481 e. The Labute approximate surface area is 152 Å². The van der Waals surface area contributed by atoms with Crippen LogP contribution in [0.25, 0.3) is 0 Å². The van der Waals surface area contributed by atoms with E-state index in [4.69, 9.17) is 5.11 Å². The highest BCUT2D eigenvalue weighted by Gasteiger charge is 2.20. The van der Waals surface area contributed by atoms with E-state index in [2.05, 4.69) is 10.6 Å². The van der Waals surface area contributed by atoms with E-state index in [9.17, 15) is 18.8 Å². The molecule has 0 bridgehead atoms. The van der Waals surface area contributed by atoms with Crippen LogP contribution in [0, 0.1) is 11.7 Å². The zero-order valence-corrected chi connectivity index (χ0v) is 14.7. The first-order valence-corrected chi connectivity index (χ1v) is 8.97. The molecule has 0 radical (unpaired) electrons. The quantitative estimate of drug-likeness (QED) is 0.660. The van der Waals surface area contributed by atoms with Gasteiger partial charge in [0, 0.05) is 6.42 Å². The topological polar surface area (TPSA) is 95.5 Å². The van der Waals surface area contributed by atoms with E-state index in [0.29, 0.717) is 17.9 Å². The van der Waals surface area contributed by atoms with Gasteiger partial charge in [-0.15, -0.1) is 0 Å². The average molecular weight is 364 g/mol. The zero-order valence-electron chi connectivity index (χ0n) is 14.7. The van der Waals surface area contributed by atoms with E-state index < -0.39 is 23.7 Å². The third-order valence-electron chi connectivity index (χ3n) is 4.63. The van der Waals surface area contributed by atoms with Crippen LogP contribution in [0.1, 0.15) is 56.6 Å². The lowest BCUT2D eigenvalue weighted by Crippen LogP contribution is -2.39. The number of carbonyl (C=O) groups is 3. The van der Waals surface area contributed by atoms with Gasteiger partial charge in [-0.25, -0.2) is 4.39 Å². The maximum Gasteiger partial charge on any atom is 0.305 e. The van der Waals surface area contributed by atoms with Crippen LogP contribution in [0.2, 0.25) is 0 Å². The lowest BCUT2D eigenvalue weighted by atomic mass is 9.87. The number of benzene rings is 1. The van der Waals surface area contributed by atoms with E-state index >= 15 is 0 Å². The molecule has 7 heteroatoms. The Balaban J connectivity index is 1.83. The van der Waals surface area contributed by atoms with Crippen molar-refractivity contribution >= 4 is 17.8 Å². The molecule has 142 valence electrons. The van der Waals surface area contributed by atoms with Crippen LogP contribution in [0.15, 0.2) is 24.3 Å². The Kier molecular flexibility index (Phi) is 7.56. The zero-order chi connectivity index (χ0) is 18.9. The molecular formula is C19H25FN2O4. The predicted molar refractivity (Wildman–Crippen MR) is 93.7 cm³/mol. The molecule has 1 atom stereocenters. The van der Waals surface area contributed by atoms with Crippen molar-refractivity contribution in [1.29, 1.82) is 0 Å². The van der Waals surface area contributed by atoms with Crippen molar-refractivity contribution in [2.75, 3.05) is 6.54 Å². The molecule has 1 aliphatic carbocycles. The standard InChI is InChI=1S/C19H25FN2O4/c20-15-8-6-14(7-9-15)16(11-19(25)26)22-18(24)12-21-17(23)10-13-4-2-1-3-5-13/h6-9,13,16H,1-5,10-12H2,(H,21,23)(H,22,24)(H,25,26). The fourth-order valence-electron chi connectivity index (χ4n) is 3.27. The summed E-state index contributed by atoms with van der Waals surface area (Å²) in [6.45, 7) is -0.205. The van der Waals surface area contributed by atoms with Crippen molar-refractivity contribution in [3.05, 3.63) is 35.6 Å². The Hall–Kier alpha value is -2.44. The molecule has 1 aromatic rings. The number of carbonyl (C=O) groups excluding carboxylic acids is 2. The minimum atomic E-state index is -1.08. The van der Waals surface area contributed by atoms with Gasteiger partial charge < -0.3 is 15.7 Å². The third-order valence-corrected chi connectivity index (χ3v) is 4.63. The highest BCUT2D eigenvalue weighted by atomic mass is 19.1. The second-order valence-electron chi connectivity index (χ2n) is 6.75. The van der Waals surface area contributed by atoms with Crippen LogP contribution in [-0.2, 0) is 14.4 Å². The fraction of sp³-hybridized carbons (Fsp3) is 0.526. The summed E-state index contributed by atoms with van der Waals surface area (Å²) in [5, 5.41) is 14.2. The van der Waals surface area contributed by atoms with Crippen LogP contribution in [0.5, 0.6) is 0 Å². The molecule has 2 rings (SSSR count). The minimum absolute atomic E-state index is 0.163. The Morgan fingerprint density at radius 3 is 2.35 bits per heavy atom. The molecule has 2 amide bonds. The molecule has 0 spiro atoms. The molecular weight excluding hydrogens is 339 g/mol. The normalized spacial score (nSPS) is 15.9. The highest BCUT2D eigenvalue weighted by Crippen LogP contribution is 2.26. The Morgan fingerprint density at radius 2 is 1.73 bits per heavy atom. The largest absolute Gasteiger partial charge is 0.481 e. The van der Waals surface area contributed by atoms with E-state index in [-0.39, 0.29) is 18.9 Å². The first-order valence-electron chi connectivity index (χ1n) is 8.97. The summed E-state index contributed by atoms with van der Waals surface area (Å²) in [5.74, 6) is -1.78. The number of hydrogen-bond acceptors (Lipinski definition) is 3. The van der Waals surface area contributed by atoms with Crippen molar-refractivity contribution in [3.63, 3.8) is 0 Å².